The number of esters is 2. The Balaban J connectivity index is 4.17. The molecule has 0 amide bonds. The standard InChI is InChI=1S/C54H94NO8P/c1-3-5-7-9-11-13-15-17-19-21-23-25-26-27-29-31-33-35-37-39-41-43-45-47-54(57)63-52(51-62-64(58,59)61-49-48-55)50-60-53(56)46-44-42-40-38-36-34-32-30-28-24-22-20-18-16-14-12-10-8-6-4-2/h5,7,11,13,17,19,23,25,27,29,33,35,39,41,52H,3-4,6,8-10,12,14-16,18,20-22,24,26,28,30-32,34,36-38,40,42-51,55H2,1-2H3,(H,58,59)/b7-5-,13-11-,19-17-,25-23-,29-27-,35-33-,41-39-. The second kappa shape index (κ2) is 49.6. The van der Waals surface area contributed by atoms with E-state index >= 15 is 0 Å². The van der Waals surface area contributed by atoms with Gasteiger partial charge in [0.25, 0.3) is 0 Å². The molecule has 9 nitrogen and oxygen atoms in total. The highest BCUT2D eigenvalue weighted by Gasteiger charge is 2.26. The van der Waals surface area contributed by atoms with E-state index in [2.05, 4.69) is 92.8 Å². The highest BCUT2D eigenvalue weighted by atomic mass is 31.2. The van der Waals surface area contributed by atoms with Crippen LogP contribution in [0.15, 0.2) is 85.1 Å². The molecule has 2 unspecified atom stereocenters. The summed E-state index contributed by atoms with van der Waals surface area (Å²) in [7, 11) is -4.40. The van der Waals surface area contributed by atoms with Crippen LogP contribution in [0.5, 0.6) is 0 Å². The summed E-state index contributed by atoms with van der Waals surface area (Å²) in [4.78, 5) is 35.0. The SMILES string of the molecule is CC/C=C\C/C=C\C/C=C\C/C=C\C/C=C\C/C=C\C/C=C\CCCC(=O)OC(COC(=O)CCCCCCCCCCCCCCCCCCCCCC)COP(=O)(O)OCCN. The van der Waals surface area contributed by atoms with E-state index in [9.17, 15) is 19.0 Å². The fraction of sp³-hybridized carbons (Fsp3) is 0.704. The zero-order valence-corrected chi connectivity index (χ0v) is 41.6. The molecular formula is C54H94NO8P. The first-order valence-electron chi connectivity index (χ1n) is 25.6. The maximum atomic E-state index is 12.6. The van der Waals surface area contributed by atoms with E-state index in [-0.39, 0.29) is 32.6 Å². The topological polar surface area (TPSA) is 134 Å². The van der Waals surface area contributed by atoms with Gasteiger partial charge in [-0.25, -0.2) is 4.57 Å². The number of allylic oxidation sites excluding steroid dienone is 14. The molecule has 0 aliphatic rings. The van der Waals surface area contributed by atoms with E-state index in [0.717, 1.165) is 64.2 Å². The summed E-state index contributed by atoms with van der Waals surface area (Å²) < 4.78 is 32.9. The second-order valence-corrected chi connectivity index (χ2v) is 18.1. The molecule has 0 aliphatic heterocycles. The maximum Gasteiger partial charge on any atom is 0.472 e. The van der Waals surface area contributed by atoms with Crippen molar-refractivity contribution in [1.82, 2.24) is 0 Å². The van der Waals surface area contributed by atoms with Gasteiger partial charge >= 0.3 is 19.8 Å². The van der Waals surface area contributed by atoms with E-state index < -0.39 is 32.5 Å². The first-order chi connectivity index (χ1) is 31.3. The molecule has 3 N–H and O–H groups in total. The van der Waals surface area contributed by atoms with Gasteiger partial charge in [0.2, 0.25) is 0 Å². The molecule has 0 aliphatic carbocycles. The first-order valence-corrected chi connectivity index (χ1v) is 27.1. The highest BCUT2D eigenvalue weighted by molar-refractivity contribution is 7.47. The molecule has 10 heteroatoms. The van der Waals surface area contributed by atoms with Gasteiger partial charge in [0.05, 0.1) is 13.2 Å². The van der Waals surface area contributed by atoms with Crippen molar-refractivity contribution in [3.63, 3.8) is 0 Å². The van der Waals surface area contributed by atoms with Crippen LogP contribution < -0.4 is 5.73 Å². The Morgan fingerprint density at radius 2 is 0.859 bits per heavy atom. The summed E-state index contributed by atoms with van der Waals surface area (Å²) >= 11 is 0. The lowest BCUT2D eigenvalue weighted by atomic mass is 10.0. The molecule has 2 atom stereocenters. The summed E-state index contributed by atoms with van der Waals surface area (Å²) in [6.45, 7) is 3.57. The predicted octanol–water partition coefficient (Wildman–Crippen LogP) is 15.6. The van der Waals surface area contributed by atoms with Crippen molar-refractivity contribution in [3.05, 3.63) is 85.1 Å². The number of unbranched alkanes of at least 4 members (excludes halogenated alkanes) is 20. The number of ether oxygens (including phenoxy) is 2. The number of rotatable bonds is 47. The third-order valence-electron chi connectivity index (χ3n) is 10.5. The van der Waals surface area contributed by atoms with Crippen LogP contribution in [0.1, 0.15) is 213 Å². The van der Waals surface area contributed by atoms with Crippen molar-refractivity contribution in [2.24, 2.45) is 5.73 Å². The Morgan fingerprint density at radius 3 is 1.27 bits per heavy atom. The van der Waals surface area contributed by atoms with Gasteiger partial charge in [0, 0.05) is 19.4 Å². The zero-order valence-electron chi connectivity index (χ0n) is 40.7. The molecule has 0 bridgehead atoms. The summed E-state index contributed by atoms with van der Waals surface area (Å²) in [5, 5.41) is 0. The number of phosphoric acid groups is 1. The fourth-order valence-electron chi connectivity index (χ4n) is 6.80. The quantitative estimate of drug-likeness (QED) is 0.0265. The molecule has 0 spiro atoms. The van der Waals surface area contributed by atoms with Gasteiger partial charge in [-0.3, -0.25) is 18.6 Å². The van der Waals surface area contributed by atoms with E-state index in [4.69, 9.17) is 24.3 Å². The lowest BCUT2D eigenvalue weighted by Gasteiger charge is -2.19. The van der Waals surface area contributed by atoms with Crippen LogP contribution in [0.4, 0.5) is 0 Å². The minimum absolute atomic E-state index is 0.0410. The third-order valence-corrected chi connectivity index (χ3v) is 11.5. The normalized spacial score (nSPS) is 13.9. The summed E-state index contributed by atoms with van der Waals surface area (Å²) in [6, 6.07) is 0. The number of hydrogen-bond acceptors (Lipinski definition) is 8. The summed E-state index contributed by atoms with van der Waals surface area (Å²) in [5.41, 5.74) is 5.36. The maximum absolute atomic E-state index is 12.6. The molecule has 0 aromatic rings. The van der Waals surface area contributed by atoms with E-state index in [1.54, 1.807) is 0 Å². The van der Waals surface area contributed by atoms with Crippen LogP contribution in [0.25, 0.3) is 0 Å². The molecule has 0 saturated carbocycles. The van der Waals surface area contributed by atoms with Crippen LogP contribution in [0.2, 0.25) is 0 Å². The molecular weight excluding hydrogens is 822 g/mol. The van der Waals surface area contributed by atoms with Crippen molar-refractivity contribution in [2.45, 2.75) is 219 Å². The van der Waals surface area contributed by atoms with Crippen molar-refractivity contribution in [1.29, 1.82) is 0 Å². The third kappa shape index (κ3) is 48.6. The van der Waals surface area contributed by atoms with Crippen LogP contribution >= 0.6 is 7.82 Å². The molecule has 0 aromatic heterocycles. The van der Waals surface area contributed by atoms with Crippen molar-refractivity contribution in [2.75, 3.05) is 26.4 Å². The number of phosphoric ester groups is 1. The smallest absolute Gasteiger partial charge is 0.462 e. The molecule has 0 rings (SSSR count). The van der Waals surface area contributed by atoms with Gasteiger partial charge in [-0.05, 0) is 64.2 Å². The van der Waals surface area contributed by atoms with Crippen LogP contribution in [-0.4, -0.2) is 49.3 Å². The molecule has 0 saturated heterocycles. The molecule has 64 heavy (non-hydrogen) atoms. The number of carbonyl (C=O) groups is 2. The van der Waals surface area contributed by atoms with Crippen molar-refractivity contribution < 1.29 is 37.6 Å². The van der Waals surface area contributed by atoms with Crippen LogP contribution in [0, 0.1) is 0 Å². The van der Waals surface area contributed by atoms with Gasteiger partial charge in [-0.2, -0.15) is 0 Å². The molecule has 0 radical (unpaired) electrons. The minimum atomic E-state index is -4.40. The fourth-order valence-corrected chi connectivity index (χ4v) is 7.57. The Labute approximate surface area is 392 Å². The van der Waals surface area contributed by atoms with E-state index in [1.165, 1.54) is 109 Å². The molecule has 368 valence electrons. The van der Waals surface area contributed by atoms with Gasteiger partial charge in [-0.1, -0.05) is 221 Å². The molecule has 0 fully saturated rings. The van der Waals surface area contributed by atoms with Crippen molar-refractivity contribution in [3.8, 4) is 0 Å². The van der Waals surface area contributed by atoms with Crippen LogP contribution in [0.3, 0.4) is 0 Å². The van der Waals surface area contributed by atoms with E-state index in [0.29, 0.717) is 12.8 Å². The summed E-state index contributed by atoms with van der Waals surface area (Å²) in [6.07, 6.45) is 63.4. The van der Waals surface area contributed by atoms with E-state index in [1.807, 2.05) is 6.08 Å². The Kier molecular flexibility index (Phi) is 47.4. The molecule has 0 aromatic carbocycles. The lowest BCUT2D eigenvalue weighted by molar-refractivity contribution is -0.161. The second-order valence-electron chi connectivity index (χ2n) is 16.7. The van der Waals surface area contributed by atoms with Gasteiger partial charge in [0.1, 0.15) is 6.61 Å². The average Bonchev–Trinajstić information content (AvgIpc) is 3.28. The van der Waals surface area contributed by atoms with Gasteiger partial charge in [0.15, 0.2) is 6.10 Å². The number of carbonyl (C=O) groups excluding carboxylic acids is 2. The number of nitrogens with two attached hydrogens (primary N) is 1. The first kappa shape index (κ1) is 61.2. The van der Waals surface area contributed by atoms with Gasteiger partial charge in [-0.15, -0.1) is 0 Å². The van der Waals surface area contributed by atoms with Gasteiger partial charge < -0.3 is 20.1 Å². The summed E-state index contributed by atoms with van der Waals surface area (Å²) in [5.74, 6) is -0.896. The Hall–Kier alpha value is -2.81. The monoisotopic (exact) mass is 916 g/mol. The largest absolute Gasteiger partial charge is 0.472 e. The lowest BCUT2D eigenvalue weighted by Crippen LogP contribution is -2.29. The Bertz CT molecular complexity index is 1320. The minimum Gasteiger partial charge on any atom is -0.462 e. The van der Waals surface area contributed by atoms with Crippen molar-refractivity contribution >= 4 is 19.8 Å². The predicted molar refractivity (Wildman–Crippen MR) is 270 cm³/mol. The van der Waals surface area contributed by atoms with Crippen LogP contribution in [-0.2, 0) is 32.7 Å². The zero-order chi connectivity index (χ0) is 46.7. The molecule has 0 heterocycles. The average molecular weight is 916 g/mol. The highest BCUT2D eigenvalue weighted by Crippen LogP contribution is 2.43. The Morgan fingerprint density at radius 1 is 0.484 bits per heavy atom. The number of hydrogen-bond donors (Lipinski definition) is 2.